The first-order chi connectivity index (χ1) is 7.74. The summed E-state index contributed by atoms with van der Waals surface area (Å²) in [4.78, 5) is 0. The highest BCUT2D eigenvalue weighted by Gasteiger charge is 2.62. The van der Waals surface area contributed by atoms with Crippen LogP contribution in [0.1, 0.15) is 44.4 Å². The van der Waals surface area contributed by atoms with Crippen LogP contribution in [-0.2, 0) is 11.5 Å². The van der Waals surface area contributed by atoms with Crippen LogP contribution in [0.3, 0.4) is 0 Å². The van der Waals surface area contributed by atoms with E-state index in [2.05, 4.69) is 11.7 Å². The quantitative estimate of drug-likeness (QED) is 0.633. The maximum absolute atomic E-state index is 14.3. The summed E-state index contributed by atoms with van der Waals surface area (Å²) in [6.45, 7) is 9.55. The van der Waals surface area contributed by atoms with Crippen LogP contribution in [0.4, 0.5) is 8.78 Å². The Morgan fingerprint density at radius 2 is 2.12 bits per heavy atom. The molecule has 0 saturated heterocycles. The lowest BCUT2D eigenvalue weighted by Gasteiger charge is -2.37. The zero-order valence-corrected chi connectivity index (χ0v) is 10.3. The molecule has 0 bridgehead atoms. The fraction of sp³-hybridized carbons (Fsp3) is 0.615. The maximum Gasteiger partial charge on any atom is 0.293 e. The number of aromatic nitrogens is 2. The van der Waals surface area contributed by atoms with Crippen molar-refractivity contribution < 1.29 is 8.78 Å². The number of hydrogen-bond donors (Lipinski definition) is 0. The lowest BCUT2D eigenvalue weighted by Crippen LogP contribution is -2.36. The third kappa shape index (κ3) is 1.16. The Hall–Kier alpha value is -1.19. The maximum atomic E-state index is 14.3. The molecule has 2 aliphatic carbocycles. The fourth-order valence-corrected chi connectivity index (χ4v) is 3.03. The van der Waals surface area contributed by atoms with Crippen LogP contribution in [0.25, 0.3) is 0 Å². The molecule has 0 aromatic carbocycles. The molecular formula is C13H16F2N2. The van der Waals surface area contributed by atoms with Gasteiger partial charge < -0.3 is 0 Å². The number of rotatable bonds is 0. The number of halogens is 2. The van der Waals surface area contributed by atoms with E-state index in [0.717, 1.165) is 5.57 Å². The van der Waals surface area contributed by atoms with Gasteiger partial charge in [0.15, 0.2) is 0 Å². The zero-order chi connectivity index (χ0) is 12.6. The molecule has 2 nitrogen and oxygen atoms in total. The Morgan fingerprint density at radius 1 is 1.47 bits per heavy atom. The summed E-state index contributed by atoms with van der Waals surface area (Å²) in [5, 5.41) is 4.15. The molecule has 4 heteroatoms. The highest BCUT2D eigenvalue weighted by Crippen LogP contribution is 2.64. The molecule has 0 unspecified atom stereocenters. The summed E-state index contributed by atoms with van der Waals surface area (Å²) < 4.78 is 30.1. The average molecular weight is 238 g/mol. The molecule has 3 rings (SSSR count). The molecule has 0 radical (unpaired) electrons. The molecule has 0 amide bonds. The van der Waals surface area contributed by atoms with Crippen molar-refractivity contribution in [2.45, 2.75) is 44.6 Å². The zero-order valence-electron chi connectivity index (χ0n) is 10.3. The minimum atomic E-state index is -2.76. The second-order valence-electron chi connectivity index (χ2n) is 6.10. The van der Waals surface area contributed by atoms with Crippen molar-refractivity contribution in [1.29, 1.82) is 0 Å². The molecule has 0 aliphatic heterocycles. The summed E-state index contributed by atoms with van der Waals surface area (Å²) in [6, 6.07) is 0. The molecule has 1 heterocycles. The van der Waals surface area contributed by atoms with Gasteiger partial charge in [-0.1, -0.05) is 12.2 Å². The summed E-state index contributed by atoms with van der Waals surface area (Å²) in [5.74, 6) is -3.52. The van der Waals surface area contributed by atoms with E-state index in [1.54, 1.807) is 6.20 Å². The Morgan fingerprint density at radius 3 is 2.65 bits per heavy atom. The molecule has 2 atom stereocenters. The van der Waals surface area contributed by atoms with Crippen molar-refractivity contribution in [1.82, 2.24) is 9.78 Å². The molecule has 1 aromatic heterocycles. The van der Waals surface area contributed by atoms with Gasteiger partial charge in [-0.3, -0.25) is 4.68 Å². The van der Waals surface area contributed by atoms with E-state index in [4.69, 9.17) is 0 Å². The minimum absolute atomic E-state index is 0.110. The third-order valence-corrected chi connectivity index (χ3v) is 3.87. The fourth-order valence-electron chi connectivity index (χ4n) is 3.03. The second-order valence-corrected chi connectivity index (χ2v) is 6.10. The van der Waals surface area contributed by atoms with Gasteiger partial charge in [0, 0.05) is 17.4 Å². The van der Waals surface area contributed by atoms with Crippen molar-refractivity contribution in [3.05, 3.63) is 29.6 Å². The number of allylic oxidation sites excluding steroid dienone is 1. The molecule has 1 fully saturated rings. The molecule has 2 aliphatic rings. The first kappa shape index (κ1) is 10.9. The Bertz CT molecular complexity index is 508. The van der Waals surface area contributed by atoms with Crippen LogP contribution in [0.15, 0.2) is 18.3 Å². The van der Waals surface area contributed by atoms with Gasteiger partial charge in [-0.15, -0.1) is 0 Å². The SMILES string of the molecule is C=C1C[C@@H]2[C@H]1c1cnn(C(C)(C)C)c1C2(F)F. The molecule has 1 saturated carbocycles. The van der Waals surface area contributed by atoms with Crippen molar-refractivity contribution in [3.63, 3.8) is 0 Å². The van der Waals surface area contributed by atoms with Crippen molar-refractivity contribution in [2.75, 3.05) is 0 Å². The van der Waals surface area contributed by atoms with E-state index in [1.165, 1.54) is 4.68 Å². The van der Waals surface area contributed by atoms with Gasteiger partial charge >= 0.3 is 0 Å². The minimum Gasteiger partial charge on any atom is -0.258 e. The van der Waals surface area contributed by atoms with E-state index in [0.29, 0.717) is 12.0 Å². The number of alkyl halides is 2. The van der Waals surface area contributed by atoms with Crippen LogP contribution >= 0.6 is 0 Å². The van der Waals surface area contributed by atoms with Crippen molar-refractivity contribution >= 4 is 0 Å². The van der Waals surface area contributed by atoms with E-state index in [9.17, 15) is 8.78 Å². The Kier molecular flexibility index (Phi) is 1.80. The van der Waals surface area contributed by atoms with E-state index in [1.807, 2.05) is 20.8 Å². The Labute approximate surface area is 99.3 Å². The van der Waals surface area contributed by atoms with Crippen LogP contribution < -0.4 is 0 Å². The van der Waals surface area contributed by atoms with Crippen LogP contribution in [0.2, 0.25) is 0 Å². The van der Waals surface area contributed by atoms with Crippen LogP contribution in [0.5, 0.6) is 0 Å². The van der Waals surface area contributed by atoms with E-state index < -0.39 is 17.4 Å². The molecule has 92 valence electrons. The van der Waals surface area contributed by atoms with Crippen molar-refractivity contribution in [3.8, 4) is 0 Å². The predicted octanol–water partition coefficient (Wildman–Crippen LogP) is 3.40. The molecule has 0 spiro atoms. The third-order valence-electron chi connectivity index (χ3n) is 3.87. The summed E-state index contributed by atoms with van der Waals surface area (Å²) in [7, 11) is 0. The van der Waals surface area contributed by atoms with Gasteiger partial charge in [-0.2, -0.15) is 13.9 Å². The van der Waals surface area contributed by atoms with Gasteiger partial charge in [0.1, 0.15) is 5.69 Å². The van der Waals surface area contributed by atoms with Gasteiger partial charge in [0.05, 0.1) is 11.7 Å². The first-order valence-corrected chi connectivity index (χ1v) is 5.89. The van der Waals surface area contributed by atoms with Crippen LogP contribution in [-0.4, -0.2) is 9.78 Å². The van der Waals surface area contributed by atoms with E-state index in [-0.39, 0.29) is 11.6 Å². The summed E-state index contributed by atoms with van der Waals surface area (Å²) in [6.07, 6.45) is 2.04. The second kappa shape index (κ2) is 2.79. The molecule has 1 aromatic rings. The van der Waals surface area contributed by atoms with Gasteiger partial charge in [0.2, 0.25) is 0 Å². The van der Waals surface area contributed by atoms with E-state index >= 15 is 0 Å². The topological polar surface area (TPSA) is 17.8 Å². The molecular weight excluding hydrogens is 222 g/mol. The highest BCUT2D eigenvalue weighted by molar-refractivity contribution is 5.46. The largest absolute Gasteiger partial charge is 0.293 e. The summed E-state index contributed by atoms with van der Waals surface area (Å²) >= 11 is 0. The molecule has 0 N–H and O–H groups in total. The van der Waals surface area contributed by atoms with Crippen molar-refractivity contribution in [2.24, 2.45) is 5.92 Å². The van der Waals surface area contributed by atoms with Gasteiger partial charge in [0.25, 0.3) is 5.92 Å². The smallest absolute Gasteiger partial charge is 0.258 e. The number of nitrogens with zero attached hydrogens (tertiary/aromatic N) is 2. The number of hydrogen-bond acceptors (Lipinski definition) is 1. The normalized spacial score (nSPS) is 29.8. The number of fused-ring (bicyclic) bond motifs is 3. The monoisotopic (exact) mass is 238 g/mol. The predicted molar refractivity (Wildman–Crippen MR) is 61.1 cm³/mol. The Balaban J connectivity index is 2.21. The molecule has 17 heavy (non-hydrogen) atoms. The van der Waals surface area contributed by atoms with Crippen LogP contribution in [0, 0.1) is 5.92 Å². The van der Waals surface area contributed by atoms with Gasteiger partial charge in [-0.25, -0.2) is 0 Å². The average Bonchev–Trinajstić information content (AvgIpc) is 2.62. The lowest BCUT2D eigenvalue weighted by molar-refractivity contribution is -0.0806. The lowest BCUT2D eigenvalue weighted by atomic mass is 9.69. The summed E-state index contributed by atoms with van der Waals surface area (Å²) in [5.41, 5.74) is 1.30. The van der Waals surface area contributed by atoms with Gasteiger partial charge in [-0.05, 0) is 27.2 Å². The first-order valence-electron chi connectivity index (χ1n) is 5.89. The standard InChI is InChI=1S/C13H16F2N2/c1-7-5-9-10(7)8-6-16-17(12(2,3)4)11(8)13(9,14)15/h6,9-10H,1,5H2,2-4H3/t9-,10-/m1/s1. The highest BCUT2D eigenvalue weighted by atomic mass is 19.3.